The number of rotatable bonds is 4. The average Bonchev–Trinajstić information content (AvgIpc) is 2.38. The Bertz CT molecular complexity index is 531. The predicted octanol–water partition coefficient (Wildman–Crippen LogP) is 4.62. The van der Waals surface area contributed by atoms with Crippen LogP contribution in [0.2, 0.25) is 5.02 Å². The molecule has 0 atom stereocenters. The van der Waals surface area contributed by atoms with E-state index in [1.165, 1.54) is 11.8 Å². The van der Waals surface area contributed by atoms with E-state index in [1.807, 2.05) is 55.5 Å². The zero-order chi connectivity index (χ0) is 13.0. The van der Waals surface area contributed by atoms with E-state index in [4.69, 9.17) is 11.6 Å². The van der Waals surface area contributed by atoms with Crippen molar-refractivity contribution in [1.82, 2.24) is 0 Å². The quantitative estimate of drug-likeness (QED) is 0.598. The first-order valence-corrected chi connectivity index (χ1v) is 7.00. The van der Waals surface area contributed by atoms with Gasteiger partial charge in [0.2, 0.25) is 0 Å². The number of carbonyl (C=O) groups is 1. The van der Waals surface area contributed by atoms with Crippen LogP contribution >= 0.6 is 23.4 Å². The van der Waals surface area contributed by atoms with Gasteiger partial charge < -0.3 is 0 Å². The molecule has 0 aromatic heterocycles. The van der Waals surface area contributed by atoms with Gasteiger partial charge in [-0.15, -0.1) is 11.8 Å². The number of hydrogen-bond acceptors (Lipinski definition) is 2. The molecule has 0 unspecified atom stereocenters. The maximum atomic E-state index is 11.9. The number of benzene rings is 2. The lowest BCUT2D eigenvalue weighted by atomic mass is 10.1. The summed E-state index contributed by atoms with van der Waals surface area (Å²) >= 11 is 7.34. The molecule has 1 nitrogen and oxygen atoms in total. The molecule has 0 amide bonds. The van der Waals surface area contributed by atoms with Crippen molar-refractivity contribution < 1.29 is 4.79 Å². The maximum Gasteiger partial charge on any atom is 0.173 e. The largest absolute Gasteiger partial charge is 0.293 e. The van der Waals surface area contributed by atoms with Gasteiger partial charge in [0.05, 0.1) is 5.75 Å². The summed E-state index contributed by atoms with van der Waals surface area (Å²) in [6.45, 7) is 2.01. The van der Waals surface area contributed by atoms with Crippen molar-refractivity contribution in [2.75, 3.05) is 5.75 Å². The molecule has 92 valence electrons. The highest BCUT2D eigenvalue weighted by molar-refractivity contribution is 8.00. The van der Waals surface area contributed by atoms with Crippen LogP contribution < -0.4 is 0 Å². The number of carbonyl (C=O) groups excluding carboxylic acids is 1. The van der Waals surface area contributed by atoms with Crippen LogP contribution in [0, 0.1) is 6.92 Å². The van der Waals surface area contributed by atoms with Gasteiger partial charge in [-0.3, -0.25) is 4.79 Å². The molecular formula is C15H13ClOS. The second-order valence-corrected chi connectivity index (χ2v) is 5.52. The highest BCUT2D eigenvalue weighted by Gasteiger charge is 2.06. The third-order valence-electron chi connectivity index (χ3n) is 2.56. The summed E-state index contributed by atoms with van der Waals surface area (Å²) in [5.41, 5.74) is 1.93. The van der Waals surface area contributed by atoms with Gasteiger partial charge in [-0.25, -0.2) is 0 Å². The maximum absolute atomic E-state index is 11.9. The second kappa shape index (κ2) is 6.07. The molecule has 0 heterocycles. The van der Waals surface area contributed by atoms with Gasteiger partial charge in [0.15, 0.2) is 5.78 Å². The van der Waals surface area contributed by atoms with Gasteiger partial charge in [-0.1, -0.05) is 41.4 Å². The fourth-order valence-electron chi connectivity index (χ4n) is 1.50. The predicted molar refractivity (Wildman–Crippen MR) is 77.7 cm³/mol. The minimum Gasteiger partial charge on any atom is -0.293 e. The normalized spacial score (nSPS) is 10.3. The van der Waals surface area contributed by atoms with Crippen molar-refractivity contribution in [3.63, 3.8) is 0 Å². The van der Waals surface area contributed by atoms with Crippen LogP contribution in [0.25, 0.3) is 0 Å². The molecule has 18 heavy (non-hydrogen) atoms. The Hall–Kier alpha value is -1.25. The number of hydrogen-bond donors (Lipinski definition) is 0. The number of halogens is 1. The van der Waals surface area contributed by atoms with Crippen LogP contribution in [0.4, 0.5) is 0 Å². The van der Waals surface area contributed by atoms with Crippen LogP contribution in [0.1, 0.15) is 15.9 Å². The molecule has 2 aromatic rings. The summed E-state index contributed by atoms with van der Waals surface area (Å²) < 4.78 is 0. The number of aryl methyl sites for hydroxylation is 1. The highest BCUT2D eigenvalue weighted by Crippen LogP contribution is 2.21. The van der Waals surface area contributed by atoms with E-state index in [0.717, 1.165) is 16.0 Å². The molecule has 2 aromatic carbocycles. The molecule has 0 saturated carbocycles. The molecular weight excluding hydrogens is 264 g/mol. The molecule has 2 rings (SSSR count). The molecule has 0 N–H and O–H groups in total. The third kappa shape index (κ3) is 3.62. The molecule has 0 saturated heterocycles. The lowest BCUT2D eigenvalue weighted by Gasteiger charge is -2.02. The van der Waals surface area contributed by atoms with E-state index in [9.17, 15) is 4.79 Å². The summed E-state index contributed by atoms with van der Waals surface area (Å²) in [6, 6.07) is 15.2. The Morgan fingerprint density at radius 1 is 1.06 bits per heavy atom. The van der Waals surface area contributed by atoms with Gasteiger partial charge in [-0.05, 0) is 31.2 Å². The van der Waals surface area contributed by atoms with E-state index in [0.29, 0.717) is 10.8 Å². The topological polar surface area (TPSA) is 17.1 Å². The summed E-state index contributed by atoms with van der Waals surface area (Å²) in [4.78, 5) is 13.0. The Kier molecular flexibility index (Phi) is 4.45. The fourth-order valence-corrected chi connectivity index (χ4v) is 2.42. The smallest absolute Gasteiger partial charge is 0.173 e. The Labute approximate surface area is 116 Å². The lowest BCUT2D eigenvalue weighted by Crippen LogP contribution is -2.01. The number of thioether (sulfide) groups is 1. The SMILES string of the molecule is Cc1ccc(C(=O)CSc2ccc(Cl)cc2)cc1. The Morgan fingerprint density at radius 2 is 1.67 bits per heavy atom. The summed E-state index contributed by atoms with van der Waals surface area (Å²) in [5, 5.41) is 0.712. The summed E-state index contributed by atoms with van der Waals surface area (Å²) in [7, 11) is 0. The molecule has 0 aliphatic rings. The van der Waals surface area contributed by atoms with Gasteiger partial charge >= 0.3 is 0 Å². The van der Waals surface area contributed by atoms with Gasteiger partial charge in [0.1, 0.15) is 0 Å². The van der Waals surface area contributed by atoms with Crippen molar-refractivity contribution in [2.45, 2.75) is 11.8 Å². The van der Waals surface area contributed by atoms with Crippen molar-refractivity contribution >= 4 is 29.1 Å². The monoisotopic (exact) mass is 276 g/mol. The molecule has 0 aliphatic carbocycles. The van der Waals surface area contributed by atoms with Crippen molar-refractivity contribution in [1.29, 1.82) is 0 Å². The van der Waals surface area contributed by atoms with Gasteiger partial charge in [0, 0.05) is 15.5 Å². The van der Waals surface area contributed by atoms with E-state index in [-0.39, 0.29) is 5.78 Å². The van der Waals surface area contributed by atoms with Crippen LogP contribution in [0.5, 0.6) is 0 Å². The third-order valence-corrected chi connectivity index (χ3v) is 3.82. The fraction of sp³-hybridized carbons (Fsp3) is 0.133. The summed E-state index contributed by atoms with van der Waals surface area (Å²) in [5.74, 6) is 0.597. The van der Waals surface area contributed by atoms with Crippen molar-refractivity contribution in [3.05, 3.63) is 64.7 Å². The molecule has 0 spiro atoms. The van der Waals surface area contributed by atoms with Crippen LogP contribution in [-0.2, 0) is 0 Å². The molecule has 0 fully saturated rings. The first kappa shape index (κ1) is 13.2. The zero-order valence-electron chi connectivity index (χ0n) is 10.0. The molecule has 0 aliphatic heterocycles. The average molecular weight is 277 g/mol. The van der Waals surface area contributed by atoms with Crippen LogP contribution in [0.3, 0.4) is 0 Å². The second-order valence-electron chi connectivity index (χ2n) is 4.03. The van der Waals surface area contributed by atoms with Crippen LogP contribution in [0.15, 0.2) is 53.4 Å². The minimum absolute atomic E-state index is 0.148. The molecule has 0 radical (unpaired) electrons. The Morgan fingerprint density at radius 3 is 2.28 bits per heavy atom. The van der Waals surface area contributed by atoms with Gasteiger partial charge in [0.25, 0.3) is 0 Å². The highest BCUT2D eigenvalue weighted by atomic mass is 35.5. The van der Waals surface area contributed by atoms with E-state index < -0.39 is 0 Å². The van der Waals surface area contributed by atoms with Gasteiger partial charge in [-0.2, -0.15) is 0 Å². The Balaban J connectivity index is 1.96. The van der Waals surface area contributed by atoms with Crippen molar-refractivity contribution in [2.24, 2.45) is 0 Å². The first-order chi connectivity index (χ1) is 8.65. The van der Waals surface area contributed by atoms with E-state index >= 15 is 0 Å². The molecule has 3 heteroatoms. The number of ketones is 1. The summed E-state index contributed by atoms with van der Waals surface area (Å²) in [6.07, 6.45) is 0. The van der Waals surface area contributed by atoms with Crippen LogP contribution in [-0.4, -0.2) is 11.5 Å². The van der Waals surface area contributed by atoms with E-state index in [2.05, 4.69) is 0 Å². The van der Waals surface area contributed by atoms with Crippen molar-refractivity contribution in [3.8, 4) is 0 Å². The van der Waals surface area contributed by atoms with E-state index in [1.54, 1.807) is 0 Å². The minimum atomic E-state index is 0.148. The lowest BCUT2D eigenvalue weighted by molar-refractivity contribution is 0.102. The standard InChI is InChI=1S/C15H13ClOS/c1-11-2-4-12(5-3-11)15(17)10-18-14-8-6-13(16)7-9-14/h2-9H,10H2,1H3. The number of Topliss-reactive ketones (excluding diaryl/α,β-unsaturated/α-hetero) is 1. The molecule has 0 bridgehead atoms. The first-order valence-electron chi connectivity index (χ1n) is 5.63. The zero-order valence-corrected chi connectivity index (χ0v) is 11.6.